The SMILES string of the molecule is CO[C@H]1O[C@H](CO)[C@@H](OCc2ccccc2)[C@H](OCc2ccccc2)[C@@H]1OCCCC(=O)C=CC(=O)[C@H](OC(C)=O)[C@@H](C)C(=O)N1C(=O)OC[C@H]1Cc1ccccc1. The molecule has 58 heavy (non-hydrogen) atoms. The van der Waals surface area contributed by atoms with E-state index in [1.807, 2.05) is 91.0 Å². The van der Waals surface area contributed by atoms with E-state index in [1.165, 1.54) is 14.0 Å². The van der Waals surface area contributed by atoms with Gasteiger partial charge in [0.05, 0.1) is 31.8 Å². The van der Waals surface area contributed by atoms with Crippen LogP contribution in [0.1, 0.15) is 43.4 Å². The Labute approximate surface area is 337 Å². The number of aliphatic hydroxyl groups is 1. The Morgan fingerprint density at radius 1 is 0.828 bits per heavy atom. The maximum absolute atomic E-state index is 13.6. The van der Waals surface area contributed by atoms with Gasteiger partial charge in [0.15, 0.2) is 24.0 Å². The van der Waals surface area contributed by atoms with E-state index in [9.17, 15) is 29.1 Å². The number of hydrogen-bond donors (Lipinski definition) is 1. The molecule has 2 heterocycles. The van der Waals surface area contributed by atoms with Crippen LogP contribution in [0.25, 0.3) is 0 Å². The number of imide groups is 1. The fourth-order valence-electron chi connectivity index (χ4n) is 6.84. The summed E-state index contributed by atoms with van der Waals surface area (Å²) in [6, 6.07) is 27.7. The molecule has 14 heteroatoms. The standard InChI is InChI=1S/C44H51NO13/c1-29(42(50)45-34(28-56-44(45)51)24-31-14-7-4-8-15-31)38(57-30(2)47)36(49)22-21-35(48)20-13-23-53-41-40(55-27-33-18-11-6-12-19-33)39(37(25-46)58-43(41)52-3)54-26-32-16-9-5-10-17-32/h4-12,14-19,21-22,29,34,37-41,43,46H,13,20,23-28H2,1-3H3/t29-,34-,37-,38-,39-,40+,41+,43+/m1/s1. The van der Waals surface area contributed by atoms with Crippen LogP contribution >= 0.6 is 0 Å². The number of amides is 2. The molecule has 2 aliphatic rings. The number of ether oxygens (including phenoxy) is 7. The molecule has 8 atom stereocenters. The van der Waals surface area contributed by atoms with E-state index in [-0.39, 0.29) is 45.9 Å². The Hall–Kier alpha value is -5.09. The van der Waals surface area contributed by atoms with E-state index < -0.39 is 78.3 Å². The van der Waals surface area contributed by atoms with Gasteiger partial charge in [-0.1, -0.05) is 91.0 Å². The number of ketones is 2. The molecule has 3 aromatic carbocycles. The van der Waals surface area contributed by atoms with Crippen molar-refractivity contribution in [1.29, 1.82) is 0 Å². The number of carbonyl (C=O) groups excluding carboxylic acids is 5. The highest BCUT2D eigenvalue weighted by Gasteiger charge is 2.48. The molecule has 2 amide bonds. The predicted octanol–water partition coefficient (Wildman–Crippen LogP) is 4.54. The second-order valence-corrected chi connectivity index (χ2v) is 14.1. The first-order valence-corrected chi connectivity index (χ1v) is 19.3. The largest absolute Gasteiger partial charge is 0.453 e. The Kier molecular flexibility index (Phi) is 16.8. The number of hydrogen-bond acceptors (Lipinski definition) is 13. The Bertz CT molecular complexity index is 1820. The lowest BCUT2D eigenvalue weighted by Crippen LogP contribution is -2.61. The van der Waals surface area contributed by atoms with Gasteiger partial charge in [-0.2, -0.15) is 0 Å². The van der Waals surface area contributed by atoms with E-state index >= 15 is 0 Å². The van der Waals surface area contributed by atoms with Gasteiger partial charge in [-0.15, -0.1) is 0 Å². The molecule has 0 unspecified atom stereocenters. The molecule has 0 spiro atoms. The van der Waals surface area contributed by atoms with Gasteiger partial charge >= 0.3 is 12.1 Å². The van der Waals surface area contributed by atoms with Crippen LogP contribution in [0.15, 0.2) is 103 Å². The molecule has 5 rings (SSSR count). The Morgan fingerprint density at radius 3 is 1.98 bits per heavy atom. The second kappa shape index (κ2) is 22.2. The topological polar surface area (TPSA) is 173 Å². The quantitative estimate of drug-likeness (QED) is 0.0905. The summed E-state index contributed by atoms with van der Waals surface area (Å²) in [4.78, 5) is 65.5. The first-order chi connectivity index (χ1) is 28.1. The van der Waals surface area contributed by atoms with Crippen LogP contribution in [-0.2, 0) is 72.0 Å². The number of allylic oxidation sites excluding steroid dienone is 1. The molecule has 0 bridgehead atoms. The van der Waals surface area contributed by atoms with E-state index in [1.54, 1.807) is 0 Å². The fourth-order valence-corrected chi connectivity index (χ4v) is 6.84. The lowest BCUT2D eigenvalue weighted by Gasteiger charge is -2.45. The highest BCUT2D eigenvalue weighted by Crippen LogP contribution is 2.30. The van der Waals surface area contributed by atoms with E-state index in [4.69, 9.17) is 33.2 Å². The van der Waals surface area contributed by atoms with Gasteiger partial charge in [0.25, 0.3) is 0 Å². The minimum Gasteiger partial charge on any atom is -0.453 e. The Balaban J connectivity index is 1.20. The van der Waals surface area contributed by atoms with Crippen molar-refractivity contribution < 1.29 is 62.2 Å². The van der Waals surface area contributed by atoms with Gasteiger partial charge < -0.3 is 38.3 Å². The van der Waals surface area contributed by atoms with Crippen LogP contribution in [0, 0.1) is 5.92 Å². The number of benzene rings is 3. The number of methoxy groups -OCH3 is 1. The maximum atomic E-state index is 13.6. The molecule has 3 aromatic rings. The molecular formula is C44H51NO13. The third-order valence-electron chi connectivity index (χ3n) is 9.81. The summed E-state index contributed by atoms with van der Waals surface area (Å²) < 4.78 is 41.1. The number of aliphatic hydroxyl groups excluding tert-OH is 1. The number of carbonyl (C=O) groups is 5. The van der Waals surface area contributed by atoms with Crippen LogP contribution in [0.4, 0.5) is 4.79 Å². The molecule has 2 aliphatic heterocycles. The molecule has 2 fully saturated rings. The van der Waals surface area contributed by atoms with Crippen LogP contribution in [0.2, 0.25) is 0 Å². The first kappa shape index (κ1) is 44.0. The predicted molar refractivity (Wildman–Crippen MR) is 208 cm³/mol. The van der Waals surface area contributed by atoms with Gasteiger partial charge in [-0.25, -0.2) is 9.69 Å². The molecule has 310 valence electrons. The molecule has 0 aliphatic carbocycles. The van der Waals surface area contributed by atoms with Crippen LogP contribution < -0.4 is 0 Å². The average Bonchev–Trinajstić information content (AvgIpc) is 3.61. The summed E-state index contributed by atoms with van der Waals surface area (Å²) in [5.41, 5.74) is 2.71. The molecule has 2 saturated heterocycles. The zero-order valence-electron chi connectivity index (χ0n) is 32.9. The van der Waals surface area contributed by atoms with Gasteiger partial charge in [-0.05, 0) is 48.6 Å². The molecule has 0 aromatic heterocycles. The summed E-state index contributed by atoms with van der Waals surface area (Å²) >= 11 is 0. The highest BCUT2D eigenvalue weighted by molar-refractivity contribution is 6.04. The van der Waals surface area contributed by atoms with E-state index in [0.717, 1.165) is 40.7 Å². The van der Waals surface area contributed by atoms with E-state index in [2.05, 4.69) is 0 Å². The smallest absolute Gasteiger partial charge is 0.416 e. The van der Waals surface area contributed by atoms with Gasteiger partial charge in [-0.3, -0.25) is 19.2 Å². The van der Waals surface area contributed by atoms with Crippen LogP contribution in [-0.4, -0.2) is 109 Å². The summed E-state index contributed by atoms with van der Waals surface area (Å²) in [6.45, 7) is 2.61. The fraction of sp³-hybridized carbons (Fsp3) is 0.432. The van der Waals surface area contributed by atoms with Gasteiger partial charge in [0.1, 0.15) is 31.0 Å². The third kappa shape index (κ3) is 12.2. The molecular weight excluding hydrogens is 750 g/mol. The van der Waals surface area contributed by atoms with Crippen molar-refractivity contribution in [3.05, 3.63) is 120 Å². The van der Waals surface area contributed by atoms with Crippen molar-refractivity contribution >= 4 is 29.5 Å². The highest BCUT2D eigenvalue weighted by atomic mass is 16.7. The van der Waals surface area contributed by atoms with Crippen LogP contribution in [0.5, 0.6) is 0 Å². The summed E-state index contributed by atoms with van der Waals surface area (Å²) in [5, 5.41) is 10.3. The third-order valence-corrected chi connectivity index (χ3v) is 9.81. The minimum atomic E-state index is -1.59. The van der Waals surface area contributed by atoms with Crippen molar-refractivity contribution in [2.75, 3.05) is 26.9 Å². The Morgan fingerprint density at radius 2 is 1.41 bits per heavy atom. The lowest BCUT2D eigenvalue weighted by molar-refractivity contribution is -0.319. The lowest BCUT2D eigenvalue weighted by atomic mass is 9.97. The van der Waals surface area contributed by atoms with Gasteiger partial charge in [0, 0.05) is 27.1 Å². The van der Waals surface area contributed by atoms with Crippen molar-refractivity contribution in [1.82, 2.24) is 4.90 Å². The average molecular weight is 802 g/mol. The van der Waals surface area contributed by atoms with Crippen molar-refractivity contribution in [2.45, 2.75) is 89.2 Å². The van der Waals surface area contributed by atoms with E-state index in [0.29, 0.717) is 6.42 Å². The summed E-state index contributed by atoms with van der Waals surface area (Å²) in [7, 11) is 1.46. The van der Waals surface area contributed by atoms with Crippen molar-refractivity contribution in [2.24, 2.45) is 5.92 Å². The van der Waals surface area contributed by atoms with Crippen LogP contribution in [0.3, 0.4) is 0 Å². The van der Waals surface area contributed by atoms with Crippen molar-refractivity contribution in [3.8, 4) is 0 Å². The number of nitrogens with zero attached hydrogens (tertiary/aromatic N) is 1. The molecule has 1 N–H and O–H groups in total. The maximum Gasteiger partial charge on any atom is 0.416 e. The summed E-state index contributed by atoms with van der Waals surface area (Å²) in [6.07, 6.45) is -3.88. The number of rotatable bonds is 21. The number of esters is 1. The monoisotopic (exact) mass is 801 g/mol. The summed E-state index contributed by atoms with van der Waals surface area (Å²) in [5.74, 6) is -4.04. The normalized spacial score (nSPS) is 23.0. The molecule has 14 nitrogen and oxygen atoms in total. The zero-order chi connectivity index (χ0) is 41.4. The number of cyclic esters (lactones) is 1. The molecule has 0 radical (unpaired) electrons. The second-order valence-electron chi connectivity index (χ2n) is 14.1. The van der Waals surface area contributed by atoms with Gasteiger partial charge in [0.2, 0.25) is 5.91 Å². The zero-order valence-corrected chi connectivity index (χ0v) is 32.9. The molecule has 0 saturated carbocycles. The minimum absolute atomic E-state index is 0.0226. The van der Waals surface area contributed by atoms with Crippen molar-refractivity contribution in [3.63, 3.8) is 0 Å². The first-order valence-electron chi connectivity index (χ1n) is 19.3.